The van der Waals surface area contributed by atoms with Gasteiger partial charge in [0, 0.05) is 12.2 Å². The van der Waals surface area contributed by atoms with Crippen LogP contribution in [0.2, 0.25) is 0 Å². The first kappa shape index (κ1) is 18.9. The first-order chi connectivity index (χ1) is 13.2. The van der Waals surface area contributed by atoms with Crippen LogP contribution in [0.25, 0.3) is 0 Å². The fourth-order valence-electron chi connectivity index (χ4n) is 2.84. The van der Waals surface area contributed by atoms with Crippen molar-refractivity contribution in [2.75, 3.05) is 0 Å². The topological polar surface area (TPSA) is 67.0 Å². The molecule has 5 nitrogen and oxygen atoms in total. The van der Waals surface area contributed by atoms with Crippen LogP contribution in [0.15, 0.2) is 60.7 Å². The number of nitrogens with zero attached hydrogens (tertiary/aromatic N) is 1. The van der Waals surface area contributed by atoms with Crippen molar-refractivity contribution in [2.45, 2.75) is 39.5 Å². The first-order valence-corrected chi connectivity index (χ1v) is 9.26. The Morgan fingerprint density at radius 1 is 1.00 bits per heavy atom. The highest BCUT2D eigenvalue weighted by Crippen LogP contribution is 2.09. The molecule has 0 aliphatic rings. The zero-order valence-corrected chi connectivity index (χ0v) is 15.6. The van der Waals surface area contributed by atoms with E-state index in [1.165, 1.54) is 0 Å². The van der Waals surface area contributed by atoms with Crippen molar-refractivity contribution in [3.05, 3.63) is 88.7 Å². The van der Waals surface area contributed by atoms with E-state index in [0.717, 1.165) is 35.2 Å². The number of benzene rings is 2. The molecule has 5 heteroatoms. The third-order valence-corrected chi connectivity index (χ3v) is 4.21. The summed E-state index contributed by atoms with van der Waals surface area (Å²) in [5, 5.41) is 9.90. The molecule has 27 heavy (non-hydrogen) atoms. The Balaban J connectivity index is 1.48. The number of carbonyl (C=O) groups is 1. The van der Waals surface area contributed by atoms with E-state index in [4.69, 9.17) is 4.74 Å². The maximum Gasteiger partial charge on any atom is 0.272 e. The number of aryl methyl sites for hydroxylation is 1. The monoisotopic (exact) mass is 363 g/mol. The van der Waals surface area contributed by atoms with E-state index in [0.29, 0.717) is 25.5 Å². The summed E-state index contributed by atoms with van der Waals surface area (Å²) in [4.78, 5) is 12.2. The maximum atomic E-state index is 12.2. The Kier molecular flexibility index (Phi) is 6.77. The quantitative estimate of drug-likeness (QED) is 0.604. The normalized spacial score (nSPS) is 10.7. The van der Waals surface area contributed by atoms with Crippen LogP contribution in [0.5, 0.6) is 0 Å². The molecule has 1 aromatic heterocycles. The molecule has 0 saturated carbocycles. The number of ether oxygens (including phenoxy) is 1. The van der Waals surface area contributed by atoms with Crippen molar-refractivity contribution in [3.63, 3.8) is 0 Å². The number of H-pyrrole nitrogens is 1. The van der Waals surface area contributed by atoms with E-state index in [-0.39, 0.29) is 5.91 Å². The lowest BCUT2D eigenvalue weighted by Gasteiger charge is -2.08. The SMILES string of the molecule is CCCc1cc(C(=O)NCc2cccc(COCc3ccccc3)c2)n[nH]1. The molecule has 0 aliphatic heterocycles. The molecule has 0 fully saturated rings. The van der Waals surface area contributed by atoms with Gasteiger partial charge < -0.3 is 10.1 Å². The summed E-state index contributed by atoms with van der Waals surface area (Å²) in [6.07, 6.45) is 1.91. The molecular formula is C22H25N3O2. The van der Waals surface area contributed by atoms with Gasteiger partial charge in [-0.2, -0.15) is 5.10 Å². The molecule has 0 spiro atoms. The minimum atomic E-state index is -0.167. The average molecular weight is 363 g/mol. The second kappa shape index (κ2) is 9.69. The highest BCUT2D eigenvalue weighted by molar-refractivity contribution is 5.92. The highest BCUT2D eigenvalue weighted by Gasteiger charge is 2.10. The summed E-state index contributed by atoms with van der Waals surface area (Å²) in [5.41, 5.74) is 4.69. The zero-order valence-electron chi connectivity index (χ0n) is 15.6. The van der Waals surface area contributed by atoms with Gasteiger partial charge >= 0.3 is 0 Å². The van der Waals surface area contributed by atoms with Gasteiger partial charge in [0.1, 0.15) is 5.69 Å². The molecule has 0 radical (unpaired) electrons. The number of hydrogen-bond acceptors (Lipinski definition) is 3. The van der Waals surface area contributed by atoms with Crippen molar-refractivity contribution in [2.24, 2.45) is 0 Å². The van der Waals surface area contributed by atoms with E-state index < -0.39 is 0 Å². The van der Waals surface area contributed by atoms with Gasteiger partial charge in [-0.05, 0) is 29.2 Å². The number of aromatic amines is 1. The van der Waals surface area contributed by atoms with Crippen molar-refractivity contribution >= 4 is 5.91 Å². The summed E-state index contributed by atoms with van der Waals surface area (Å²) in [5.74, 6) is -0.167. The van der Waals surface area contributed by atoms with Gasteiger partial charge in [0.15, 0.2) is 0 Å². The number of carbonyl (C=O) groups excluding carboxylic acids is 1. The Bertz CT molecular complexity index is 859. The molecule has 0 bridgehead atoms. The Morgan fingerprint density at radius 3 is 2.56 bits per heavy atom. The smallest absolute Gasteiger partial charge is 0.272 e. The fraction of sp³-hybridized carbons (Fsp3) is 0.273. The molecule has 0 saturated heterocycles. The van der Waals surface area contributed by atoms with Gasteiger partial charge in [0.2, 0.25) is 0 Å². The third kappa shape index (κ3) is 5.79. The van der Waals surface area contributed by atoms with Crippen LogP contribution < -0.4 is 5.32 Å². The minimum Gasteiger partial charge on any atom is -0.372 e. The van der Waals surface area contributed by atoms with E-state index in [2.05, 4.69) is 28.5 Å². The number of nitrogens with one attached hydrogen (secondary N) is 2. The number of amides is 1. The van der Waals surface area contributed by atoms with Crippen LogP contribution >= 0.6 is 0 Å². The molecular weight excluding hydrogens is 338 g/mol. The van der Waals surface area contributed by atoms with Crippen molar-refractivity contribution in [1.82, 2.24) is 15.5 Å². The molecule has 0 atom stereocenters. The summed E-state index contributed by atoms with van der Waals surface area (Å²) in [7, 11) is 0. The molecule has 1 heterocycles. The lowest BCUT2D eigenvalue weighted by Crippen LogP contribution is -2.23. The molecule has 2 N–H and O–H groups in total. The van der Waals surface area contributed by atoms with Gasteiger partial charge in [0.25, 0.3) is 5.91 Å². The van der Waals surface area contributed by atoms with Crippen LogP contribution in [0.3, 0.4) is 0 Å². The molecule has 140 valence electrons. The molecule has 3 rings (SSSR count). The van der Waals surface area contributed by atoms with Gasteiger partial charge in [-0.3, -0.25) is 9.89 Å². The summed E-state index contributed by atoms with van der Waals surface area (Å²) >= 11 is 0. The molecule has 2 aromatic carbocycles. The third-order valence-electron chi connectivity index (χ3n) is 4.21. The second-order valence-corrected chi connectivity index (χ2v) is 6.51. The van der Waals surface area contributed by atoms with Crippen molar-refractivity contribution in [3.8, 4) is 0 Å². The standard InChI is InChI=1S/C22H25N3O2/c1-2-7-20-13-21(25-24-20)22(26)23-14-18-10-6-11-19(12-18)16-27-15-17-8-4-3-5-9-17/h3-6,8-13H,2,7,14-16H2,1H3,(H,23,26)(H,24,25). The largest absolute Gasteiger partial charge is 0.372 e. The first-order valence-electron chi connectivity index (χ1n) is 9.26. The number of rotatable bonds is 9. The van der Waals surface area contributed by atoms with E-state index in [9.17, 15) is 4.79 Å². The Hall–Kier alpha value is -2.92. The average Bonchev–Trinajstić information content (AvgIpc) is 3.16. The van der Waals surface area contributed by atoms with Gasteiger partial charge in [-0.15, -0.1) is 0 Å². The maximum absolute atomic E-state index is 12.2. The Labute approximate surface area is 159 Å². The van der Waals surface area contributed by atoms with Crippen LogP contribution in [0, 0.1) is 0 Å². The fourth-order valence-corrected chi connectivity index (χ4v) is 2.84. The predicted octanol–water partition coefficient (Wildman–Crippen LogP) is 4.01. The Morgan fingerprint density at radius 2 is 1.74 bits per heavy atom. The molecule has 1 amide bonds. The summed E-state index contributed by atoms with van der Waals surface area (Å²) < 4.78 is 5.78. The van der Waals surface area contributed by atoms with Crippen LogP contribution in [-0.2, 0) is 30.9 Å². The van der Waals surface area contributed by atoms with Crippen molar-refractivity contribution in [1.29, 1.82) is 0 Å². The van der Waals surface area contributed by atoms with E-state index in [1.54, 1.807) is 0 Å². The number of hydrogen-bond donors (Lipinski definition) is 2. The van der Waals surface area contributed by atoms with Gasteiger partial charge in [-0.1, -0.05) is 67.9 Å². The van der Waals surface area contributed by atoms with Gasteiger partial charge in [0.05, 0.1) is 13.2 Å². The highest BCUT2D eigenvalue weighted by atomic mass is 16.5. The second-order valence-electron chi connectivity index (χ2n) is 6.51. The van der Waals surface area contributed by atoms with Crippen molar-refractivity contribution < 1.29 is 9.53 Å². The number of aromatic nitrogens is 2. The van der Waals surface area contributed by atoms with Crippen LogP contribution in [0.1, 0.15) is 46.2 Å². The van der Waals surface area contributed by atoms with Crippen LogP contribution in [0.4, 0.5) is 0 Å². The minimum absolute atomic E-state index is 0.167. The summed E-state index contributed by atoms with van der Waals surface area (Å²) in [6, 6.07) is 20.0. The summed E-state index contributed by atoms with van der Waals surface area (Å²) in [6.45, 7) is 3.68. The molecule has 0 aliphatic carbocycles. The zero-order chi connectivity index (χ0) is 18.9. The lowest BCUT2D eigenvalue weighted by molar-refractivity contribution is 0.0945. The van der Waals surface area contributed by atoms with Crippen LogP contribution in [-0.4, -0.2) is 16.1 Å². The predicted molar refractivity (Wildman–Crippen MR) is 105 cm³/mol. The van der Waals surface area contributed by atoms with Gasteiger partial charge in [-0.25, -0.2) is 0 Å². The molecule has 0 unspecified atom stereocenters. The van der Waals surface area contributed by atoms with E-state index in [1.807, 2.05) is 54.6 Å². The molecule has 3 aromatic rings. The lowest BCUT2D eigenvalue weighted by atomic mass is 10.1. The van der Waals surface area contributed by atoms with E-state index >= 15 is 0 Å².